The molecule has 1 aliphatic rings. The smallest absolute Gasteiger partial charge is 0.243 e. The van der Waals surface area contributed by atoms with Crippen molar-refractivity contribution in [2.45, 2.75) is 44.7 Å². The summed E-state index contributed by atoms with van der Waals surface area (Å²) in [5, 5.41) is 7.03. The van der Waals surface area contributed by atoms with Gasteiger partial charge in [0.25, 0.3) is 0 Å². The molecular formula is C15H25N5O2. The Morgan fingerprint density at radius 3 is 2.86 bits per heavy atom. The molecule has 2 atom stereocenters. The van der Waals surface area contributed by atoms with Crippen LogP contribution in [0.3, 0.4) is 0 Å². The average Bonchev–Trinajstić information content (AvgIpc) is 2.85. The zero-order chi connectivity index (χ0) is 16.3. The molecule has 0 saturated heterocycles. The molecular weight excluding hydrogens is 282 g/mol. The summed E-state index contributed by atoms with van der Waals surface area (Å²) in [6.07, 6.45) is 5.43. The van der Waals surface area contributed by atoms with Gasteiger partial charge in [0.15, 0.2) is 5.82 Å². The molecule has 0 radical (unpaired) electrons. The zero-order valence-electron chi connectivity index (χ0n) is 13.5. The second kappa shape index (κ2) is 6.48. The number of amides is 2. The highest BCUT2D eigenvalue weighted by molar-refractivity contribution is 5.92. The Morgan fingerprint density at radius 2 is 2.23 bits per heavy atom. The van der Waals surface area contributed by atoms with Gasteiger partial charge in [-0.05, 0) is 19.8 Å². The van der Waals surface area contributed by atoms with Gasteiger partial charge in [-0.3, -0.25) is 14.3 Å². The minimum Gasteiger partial charge on any atom is -0.347 e. The van der Waals surface area contributed by atoms with Crippen molar-refractivity contribution in [2.75, 3.05) is 19.4 Å². The van der Waals surface area contributed by atoms with Gasteiger partial charge in [-0.25, -0.2) is 0 Å². The summed E-state index contributed by atoms with van der Waals surface area (Å²) >= 11 is 0. The summed E-state index contributed by atoms with van der Waals surface area (Å²) in [5.74, 6) is 0.115. The predicted octanol–water partition coefficient (Wildman–Crippen LogP) is 0.817. The number of hydrogen-bond donors (Lipinski definition) is 2. The molecule has 1 aliphatic carbocycles. The van der Waals surface area contributed by atoms with Crippen molar-refractivity contribution < 1.29 is 9.59 Å². The predicted molar refractivity (Wildman–Crippen MR) is 84.1 cm³/mol. The number of nitrogens with two attached hydrogens (primary N) is 1. The lowest BCUT2D eigenvalue weighted by atomic mass is 9.74. The van der Waals surface area contributed by atoms with E-state index in [0.717, 1.165) is 25.7 Å². The minimum absolute atomic E-state index is 0.0530. The summed E-state index contributed by atoms with van der Waals surface area (Å²) in [4.78, 5) is 25.5. The van der Waals surface area contributed by atoms with Crippen LogP contribution < -0.4 is 11.1 Å². The Morgan fingerprint density at radius 1 is 1.50 bits per heavy atom. The van der Waals surface area contributed by atoms with Crippen molar-refractivity contribution in [1.82, 2.24) is 14.7 Å². The molecule has 1 saturated carbocycles. The van der Waals surface area contributed by atoms with E-state index < -0.39 is 5.54 Å². The first-order valence-corrected chi connectivity index (χ1v) is 7.63. The number of carbonyl (C=O) groups excluding carboxylic acids is 2. The third kappa shape index (κ3) is 3.85. The quantitative estimate of drug-likeness (QED) is 0.861. The SMILES string of the molecule is CN(C)C(=O)Cn1ccc(NC(=O)C2CCCCC2(C)N)n1. The van der Waals surface area contributed by atoms with E-state index in [0.29, 0.717) is 5.82 Å². The van der Waals surface area contributed by atoms with Gasteiger partial charge in [0.05, 0.1) is 5.92 Å². The first-order valence-electron chi connectivity index (χ1n) is 7.63. The van der Waals surface area contributed by atoms with E-state index in [1.165, 1.54) is 9.58 Å². The number of nitrogens with zero attached hydrogens (tertiary/aromatic N) is 3. The van der Waals surface area contributed by atoms with Gasteiger partial charge in [-0.2, -0.15) is 5.10 Å². The van der Waals surface area contributed by atoms with Gasteiger partial charge in [-0.15, -0.1) is 0 Å². The molecule has 122 valence electrons. The molecule has 3 N–H and O–H groups in total. The van der Waals surface area contributed by atoms with Crippen molar-refractivity contribution in [3.8, 4) is 0 Å². The number of nitrogens with one attached hydrogen (secondary N) is 1. The molecule has 2 rings (SSSR count). The maximum absolute atomic E-state index is 12.4. The molecule has 0 aliphatic heterocycles. The minimum atomic E-state index is -0.466. The summed E-state index contributed by atoms with van der Waals surface area (Å²) in [6, 6.07) is 1.69. The van der Waals surface area contributed by atoms with Gasteiger partial charge in [0, 0.05) is 31.9 Å². The summed E-state index contributed by atoms with van der Waals surface area (Å²) < 4.78 is 1.51. The van der Waals surface area contributed by atoms with Crippen LogP contribution in [-0.4, -0.2) is 46.1 Å². The van der Waals surface area contributed by atoms with E-state index in [1.54, 1.807) is 26.4 Å². The standard InChI is InChI=1S/C15H25N5O2/c1-15(16)8-5-4-6-11(15)14(22)17-12-7-9-20(18-12)10-13(21)19(2)3/h7,9,11H,4-6,8,10,16H2,1-3H3,(H,17,18,22). The highest BCUT2D eigenvalue weighted by Gasteiger charge is 2.37. The average molecular weight is 307 g/mol. The normalized spacial score (nSPS) is 24.8. The van der Waals surface area contributed by atoms with E-state index in [9.17, 15) is 9.59 Å². The molecule has 1 aromatic heterocycles. The molecule has 1 fully saturated rings. The lowest BCUT2D eigenvalue weighted by Gasteiger charge is -2.37. The number of hydrogen-bond acceptors (Lipinski definition) is 4. The summed E-state index contributed by atoms with van der Waals surface area (Å²) in [6.45, 7) is 2.09. The van der Waals surface area contributed by atoms with Gasteiger partial charge < -0.3 is 16.0 Å². The molecule has 1 aromatic rings. The third-order valence-corrected chi connectivity index (χ3v) is 4.26. The van der Waals surface area contributed by atoms with Crippen LogP contribution in [-0.2, 0) is 16.1 Å². The zero-order valence-corrected chi connectivity index (χ0v) is 13.5. The third-order valence-electron chi connectivity index (χ3n) is 4.26. The van der Waals surface area contributed by atoms with Crippen LogP contribution in [0, 0.1) is 5.92 Å². The number of aromatic nitrogens is 2. The molecule has 0 aromatic carbocycles. The Hall–Kier alpha value is -1.89. The number of likely N-dealkylation sites (N-methyl/N-ethyl adjacent to an activating group) is 1. The van der Waals surface area contributed by atoms with Crippen molar-refractivity contribution in [3.05, 3.63) is 12.3 Å². The number of carbonyl (C=O) groups is 2. The van der Waals surface area contributed by atoms with Crippen LogP contribution in [0.1, 0.15) is 32.6 Å². The van der Waals surface area contributed by atoms with Gasteiger partial charge in [-0.1, -0.05) is 12.8 Å². The van der Waals surface area contributed by atoms with Crippen LogP contribution >= 0.6 is 0 Å². The highest BCUT2D eigenvalue weighted by Crippen LogP contribution is 2.32. The second-order valence-electron chi connectivity index (χ2n) is 6.48. The molecule has 7 heteroatoms. The maximum atomic E-state index is 12.4. The molecule has 0 bridgehead atoms. The van der Waals surface area contributed by atoms with E-state index in [2.05, 4.69) is 10.4 Å². The van der Waals surface area contributed by atoms with E-state index in [-0.39, 0.29) is 24.3 Å². The Kier molecular flexibility index (Phi) is 4.85. The largest absolute Gasteiger partial charge is 0.347 e. The van der Waals surface area contributed by atoms with Crippen molar-refractivity contribution >= 4 is 17.6 Å². The molecule has 1 heterocycles. The lowest BCUT2D eigenvalue weighted by Crippen LogP contribution is -2.51. The first kappa shape index (κ1) is 16.5. The van der Waals surface area contributed by atoms with Crippen LogP contribution in [0.2, 0.25) is 0 Å². The Labute approximate surface area is 130 Å². The number of rotatable bonds is 4. The van der Waals surface area contributed by atoms with Crippen molar-refractivity contribution in [1.29, 1.82) is 0 Å². The van der Waals surface area contributed by atoms with Crippen LogP contribution in [0.15, 0.2) is 12.3 Å². The number of anilines is 1. The molecule has 7 nitrogen and oxygen atoms in total. The van der Waals surface area contributed by atoms with Crippen LogP contribution in [0.5, 0.6) is 0 Å². The second-order valence-corrected chi connectivity index (χ2v) is 6.48. The lowest BCUT2D eigenvalue weighted by molar-refractivity contribution is -0.129. The van der Waals surface area contributed by atoms with Crippen LogP contribution in [0.25, 0.3) is 0 Å². The van der Waals surface area contributed by atoms with Gasteiger partial charge >= 0.3 is 0 Å². The van der Waals surface area contributed by atoms with E-state index in [4.69, 9.17) is 5.73 Å². The highest BCUT2D eigenvalue weighted by atomic mass is 16.2. The van der Waals surface area contributed by atoms with E-state index in [1.807, 2.05) is 6.92 Å². The topological polar surface area (TPSA) is 93.2 Å². The molecule has 2 amide bonds. The van der Waals surface area contributed by atoms with Crippen molar-refractivity contribution in [2.24, 2.45) is 11.7 Å². The molecule has 0 spiro atoms. The fourth-order valence-electron chi connectivity index (χ4n) is 2.80. The Balaban J connectivity index is 1.97. The van der Waals surface area contributed by atoms with Crippen LogP contribution in [0.4, 0.5) is 5.82 Å². The molecule has 22 heavy (non-hydrogen) atoms. The fourth-order valence-corrected chi connectivity index (χ4v) is 2.80. The monoisotopic (exact) mass is 307 g/mol. The summed E-state index contributed by atoms with van der Waals surface area (Å²) in [7, 11) is 3.39. The fraction of sp³-hybridized carbons (Fsp3) is 0.667. The maximum Gasteiger partial charge on any atom is 0.243 e. The van der Waals surface area contributed by atoms with Crippen molar-refractivity contribution in [3.63, 3.8) is 0 Å². The van der Waals surface area contributed by atoms with E-state index >= 15 is 0 Å². The Bertz CT molecular complexity index is 550. The molecule has 2 unspecified atom stereocenters. The first-order chi connectivity index (χ1) is 10.3. The van der Waals surface area contributed by atoms with Gasteiger partial charge in [0.2, 0.25) is 11.8 Å². The van der Waals surface area contributed by atoms with Gasteiger partial charge in [0.1, 0.15) is 6.54 Å². The summed E-state index contributed by atoms with van der Waals surface area (Å²) in [5.41, 5.74) is 5.78.